The second-order valence-electron chi connectivity index (χ2n) is 4.60. The number of urea groups is 1. The van der Waals surface area contributed by atoms with Crippen LogP contribution in [0.4, 0.5) is 4.79 Å². The van der Waals surface area contributed by atoms with Gasteiger partial charge >= 0.3 is 6.03 Å². The lowest BCUT2D eigenvalue weighted by atomic mass is 10.00. The maximum atomic E-state index is 11.7. The van der Waals surface area contributed by atoms with Crippen molar-refractivity contribution in [1.29, 1.82) is 0 Å². The molecule has 1 saturated heterocycles. The van der Waals surface area contributed by atoms with Gasteiger partial charge in [-0.2, -0.15) is 0 Å². The number of rotatable bonds is 3. The van der Waals surface area contributed by atoms with Crippen LogP contribution in [0, 0.1) is 5.92 Å². The smallest absolute Gasteiger partial charge is 0.285 e. The van der Waals surface area contributed by atoms with Gasteiger partial charge in [0.15, 0.2) is 5.92 Å². The van der Waals surface area contributed by atoms with Gasteiger partial charge in [0, 0.05) is 5.71 Å². The third kappa shape index (κ3) is 2.90. The molecule has 1 atom stereocenters. The summed E-state index contributed by atoms with van der Waals surface area (Å²) < 4.78 is 0. The molecule has 6 nitrogen and oxygen atoms in total. The molecule has 1 aliphatic rings. The van der Waals surface area contributed by atoms with E-state index >= 15 is 0 Å². The molecule has 0 saturated carbocycles. The van der Waals surface area contributed by atoms with Crippen LogP contribution in [0.15, 0.2) is 35.3 Å². The van der Waals surface area contributed by atoms with Crippen molar-refractivity contribution in [2.24, 2.45) is 10.9 Å². The maximum Gasteiger partial charge on any atom is 0.328 e. The van der Waals surface area contributed by atoms with Crippen molar-refractivity contribution < 1.29 is 14.4 Å². The van der Waals surface area contributed by atoms with Crippen LogP contribution in [0.5, 0.6) is 0 Å². The van der Waals surface area contributed by atoms with E-state index in [1.54, 1.807) is 6.92 Å². The molecule has 20 heavy (non-hydrogen) atoms. The molecule has 1 aromatic rings. The summed E-state index contributed by atoms with van der Waals surface area (Å²) >= 11 is 0. The minimum absolute atomic E-state index is 0.172. The summed E-state index contributed by atoms with van der Waals surface area (Å²) in [5, 5.41) is 4.13. The SMILES string of the molecule is CC(=N[C@@H](C)c1ccccc1)C1C(=O)NC(=O)NC1=O. The zero-order chi connectivity index (χ0) is 14.7. The first-order valence-electron chi connectivity index (χ1n) is 6.24. The van der Waals surface area contributed by atoms with E-state index in [4.69, 9.17) is 0 Å². The van der Waals surface area contributed by atoms with Crippen molar-refractivity contribution in [3.8, 4) is 0 Å². The van der Waals surface area contributed by atoms with Crippen LogP contribution in [-0.4, -0.2) is 23.6 Å². The van der Waals surface area contributed by atoms with E-state index in [1.165, 1.54) is 0 Å². The number of amides is 4. The summed E-state index contributed by atoms with van der Waals surface area (Å²) in [7, 11) is 0. The fourth-order valence-corrected chi connectivity index (χ4v) is 2.08. The highest BCUT2D eigenvalue weighted by Crippen LogP contribution is 2.18. The summed E-state index contributed by atoms with van der Waals surface area (Å²) in [6.07, 6.45) is 0. The Morgan fingerprint density at radius 3 is 2.20 bits per heavy atom. The average molecular weight is 273 g/mol. The second-order valence-corrected chi connectivity index (χ2v) is 4.60. The number of carbonyl (C=O) groups is 3. The van der Waals surface area contributed by atoms with E-state index < -0.39 is 23.8 Å². The zero-order valence-electron chi connectivity index (χ0n) is 11.2. The van der Waals surface area contributed by atoms with Crippen molar-refractivity contribution in [2.45, 2.75) is 19.9 Å². The molecule has 0 radical (unpaired) electrons. The van der Waals surface area contributed by atoms with E-state index in [0.717, 1.165) is 5.56 Å². The number of nitrogens with zero attached hydrogens (tertiary/aromatic N) is 1. The third-order valence-corrected chi connectivity index (χ3v) is 3.09. The lowest BCUT2D eigenvalue weighted by Gasteiger charge is -2.21. The van der Waals surface area contributed by atoms with E-state index in [1.807, 2.05) is 37.3 Å². The average Bonchev–Trinajstić information content (AvgIpc) is 2.38. The van der Waals surface area contributed by atoms with Crippen LogP contribution < -0.4 is 10.6 Å². The Labute approximate surface area is 116 Å². The number of carbonyl (C=O) groups excluding carboxylic acids is 3. The predicted molar refractivity (Wildman–Crippen MR) is 73.1 cm³/mol. The standard InChI is InChI=1S/C14H15N3O3/c1-8(10-6-4-3-5-7-10)15-9(2)11-12(18)16-14(20)17-13(11)19/h3-8,11H,1-2H3,(H2,16,17,18,19,20)/t8-/m0/s1. The summed E-state index contributed by atoms with van der Waals surface area (Å²) in [6.45, 7) is 3.49. The first-order chi connectivity index (χ1) is 9.49. The van der Waals surface area contributed by atoms with Crippen LogP contribution in [0.25, 0.3) is 0 Å². The molecule has 0 unspecified atom stereocenters. The molecule has 0 spiro atoms. The number of aliphatic imine (C=N–C) groups is 1. The maximum absolute atomic E-state index is 11.7. The minimum atomic E-state index is -1.06. The molecule has 2 N–H and O–H groups in total. The molecule has 0 aromatic heterocycles. The van der Waals surface area contributed by atoms with Crippen LogP contribution in [0.2, 0.25) is 0 Å². The molecule has 4 amide bonds. The summed E-state index contributed by atoms with van der Waals surface area (Å²) in [5.74, 6) is -2.33. The third-order valence-electron chi connectivity index (χ3n) is 3.09. The van der Waals surface area contributed by atoms with Crippen LogP contribution in [0.1, 0.15) is 25.5 Å². The molecule has 1 aromatic carbocycles. The van der Waals surface area contributed by atoms with Crippen molar-refractivity contribution in [1.82, 2.24) is 10.6 Å². The first-order valence-corrected chi connectivity index (χ1v) is 6.24. The molecule has 0 bridgehead atoms. The lowest BCUT2D eigenvalue weighted by Crippen LogP contribution is -2.57. The number of nitrogens with one attached hydrogen (secondary N) is 2. The molecule has 1 aliphatic heterocycles. The van der Waals surface area contributed by atoms with E-state index in [-0.39, 0.29) is 6.04 Å². The van der Waals surface area contributed by atoms with Gasteiger partial charge in [0.1, 0.15) is 0 Å². The van der Waals surface area contributed by atoms with Gasteiger partial charge in [-0.15, -0.1) is 0 Å². The van der Waals surface area contributed by atoms with E-state index in [9.17, 15) is 14.4 Å². The van der Waals surface area contributed by atoms with Crippen molar-refractivity contribution in [3.05, 3.63) is 35.9 Å². The second kappa shape index (κ2) is 5.64. The van der Waals surface area contributed by atoms with Gasteiger partial charge < -0.3 is 0 Å². The molecule has 6 heteroatoms. The Morgan fingerprint density at radius 2 is 1.65 bits per heavy atom. The fourth-order valence-electron chi connectivity index (χ4n) is 2.08. The number of hydrogen-bond acceptors (Lipinski definition) is 4. The molecule has 1 fully saturated rings. The Kier molecular flexibility index (Phi) is 3.93. The number of barbiturate groups is 1. The van der Waals surface area contributed by atoms with Gasteiger partial charge in [-0.3, -0.25) is 25.2 Å². The van der Waals surface area contributed by atoms with Crippen molar-refractivity contribution >= 4 is 23.6 Å². The molecule has 104 valence electrons. The quantitative estimate of drug-likeness (QED) is 0.640. The normalized spacial score (nSPS) is 18.5. The highest BCUT2D eigenvalue weighted by atomic mass is 16.2. The number of benzene rings is 1. The van der Waals surface area contributed by atoms with Crippen LogP contribution in [-0.2, 0) is 9.59 Å². The Bertz CT molecular complexity index is 561. The topological polar surface area (TPSA) is 87.6 Å². The van der Waals surface area contributed by atoms with Gasteiger partial charge in [-0.05, 0) is 19.4 Å². The van der Waals surface area contributed by atoms with Gasteiger partial charge in [0.25, 0.3) is 0 Å². The Morgan fingerprint density at radius 1 is 1.10 bits per heavy atom. The zero-order valence-corrected chi connectivity index (χ0v) is 11.2. The highest BCUT2D eigenvalue weighted by molar-refractivity contribution is 6.27. The van der Waals surface area contributed by atoms with Gasteiger partial charge in [0.05, 0.1) is 6.04 Å². The van der Waals surface area contributed by atoms with Gasteiger partial charge in [-0.25, -0.2) is 4.79 Å². The van der Waals surface area contributed by atoms with Crippen molar-refractivity contribution in [3.63, 3.8) is 0 Å². The summed E-state index contributed by atoms with van der Waals surface area (Å²) in [5.41, 5.74) is 1.36. The molecule has 2 rings (SSSR count). The Balaban J connectivity index is 2.20. The first kappa shape index (κ1) is 13.9. The summed E-state index contributed by atoms with van der Waals surface area (Å²) in [4.78, 5) is 38.8. The van der Waals surface area contributed by atoms with Gasteiger partial charge in [-0.1, -0.05) is 30.3 Å². The number of hydrogen-bond donors (Lipinski definition) is 2. The molecular weight excluding hydrogens is 258 g/mol. The Hall–Kier alpha value is -2.50. The predicted octanol–water partition coefficient (Wildman–Crippen LogP) is 1.19. The van der Waals surface area contributed by atoms with E-state index in [0.29, 0.717) is 5.71 Å². The molecule has 0 aliphatic carbocycles. The monoisotopic (exact) mass is 273 g/mol. The number of imide groups is 2. The van der Waals surface area contributed by atoms with Gasteiger partial charge in [0.2, 0.25) is 11.8 Å². The fraction of sp³-hybridized carbons (Fsp3) is 0.286. The summed E-state index contributed by atoms with van der Waals surface area (Å²) in [6, 6.07) is 8.58. The van der Waals surface area contributed by atoms with Crippen LogP contribution >= 0.6 is 0 Å². The molecular formula is C14H15N3O3. The van der Waals surface area contributed by atoms with E-state index in [2.05, 4.69) is 15.6 Å². The lowest BCUT2D eigenvalue weighted by molar-refractivity contribution is -0.132. The van der Waals surface area contributed by atoms with Crippen molar-refractivity contribution in [2.75, 3.05) is 0 Å². The highest BCUT2D eigenvalue weighted by Gasteiger charge is 2.36. The van der Waals surface area contributed by atoms with Crippen LogP contribution in [0.3, 0.4) is 0 Å². The molecule has 1 heterocycles. The minimum Gasteiger partial charge on any atom is -0.285 e. The largest absolute Gasteiger partial charge is 0.328 e.